The van der Waals surface area contributed by atoms with Gasteiger partial charge in [0, 0.05) is 12.6 Å². The van der Waals surface area contributed by atoms with Gasteiger partial charge in [-0.2, -0.15) is 0 Å². The summed E-state index contributed by atoms with van der Waals surface area (Å²) in [6.07, 6.45) is 0.220. The molecule has 2 nitrogen and oxygen atoms in total. The minimum absolute atomic E-state index is 0.220. The predicted octanol–water partition coefficient (Wildman–Crippen LogP) is 4.32. The zero-order valence-corrected chi connectivity index (χ0v) is 12.5. The van der Waals surface area contributed by atoms with E-state index in [9.17, 15) is 0 Å². The second-order valence-electron chi connectivity index (χ2n) is 5.32. The lowest BCUT2D eigenvalue weighted by molar-refractivity contribution is 0.242. The molecule has 2 heteroatoms. The molecule has 106 valence electrons. The molecule has 2 aromatic carbocycles. The highest BCUT2D eigenvalue weighted by molar-refractivity contribution is 5.27. The van der Waals surface area contributed by atoms with Gasteiger partial charge in [0.25, 0.3) is 0 Å². The molecule has 0 saturated heterocycles. The van der Waals surface area contributed by atoms with E-state index in [1.807, 2.05) is 32.0 Å². The van der Waals surface area contributed by atoms with Crippen LogP contribution >= 0.6 is 0 Å². The summed E-state index contributed by atoms with van der Waals surface area (Å²) < 4.78 is 5.64. The largest absolute Gasteiger partial charge is 0.491 e. The van der Waals surface area contributed by atoms with E-state index in [0.717, 1.165) is 12.3 Å². The van der Waals surface area contributed by atoms with Crippen LogP contribution in [0.1, 0.15) is 37.9 Å². The molecule has 1 N–H and O–H groups in total. The van der Waals surface area contributed by atoms with E-state index >= 15 is 0 Å². The summed E-state index contributed by atoms with van der Waals surface area (Å²) in [7, 11) is 0. The van der Waals surface area contributed by atoms with Gasteiger partial charge in [0.05, 0.1) is 6.10 Å². The standard InChI is InChI=1S/C18H23NO/c1-14(2)20-18-11-9-16(10-12-18)13-19-15(3)17-7-5-4-6-8-17/h4-12,14-15,19H,13H2,1-3H3/t15-/m0/s1. The normalized spacial score (nSPS) is 12.4. The maximum absolute atomic E-state index is 5.64. The Kier molecular flexibility index (Phi) is 5.19. The van der Waals surface area contributed by atoms with Gasteiger partial charge in [0.15, 0.2) is 0 Å². The van der Waals surface area contributed by atoms with Gasteiger partial charge in [-0.1, -0.05) is 42.5 Å². The fourth-order valence-electron chi connectivity index (χ4n) is 2.09. The van der Waals surface area contributed by atoms with Crippen molar-refractivity contribution >= 4 is 0 Å². The van der Waals surface area contributed by atoms with E-state index in [4.69, 9.17) is 4.74 Å². The number of hydrogen-bond donors (Lipinski definition) is 1. The summed E-state index contributed by atoms with van der Waals surface area (Å²) in [5.41, 5.74) is 2.58. The molecule has 0 saturated carbocycles. The topological polar surface area (TPSA) is 21.3 Å². The molecular formula is C18H23NO. The van der Waals surface area contributed by atoms with Gasteiger partial charge < -0.3 is 10.1 Å². The summed E-state index contributed by atoms with van der Waals surface area (Å²) in [6.45, 7) is 7.12. The minimum atomic E-state index is 0.220. The Bertz CT molecular complexity index is 505. The molecule has 0 amide bonds. The van der Waals surface area contributed by atoms with Gasteiger partial charge in [-0.05, 0) is 44.0 Å². The Hall–Kier alpha value is -1.80. The second-order valence-corrected chi connectivity index (χ2v) is 5.32. The number of hydrogen-bond acceptors (Lipinski definition) is 2. The highest BCUT2D eigenvalue weighted by Crippen LogP contribution is 2.15. The smallest absolute Gasteiger partial charge is 0.119 e. The average Bonchev–Trinajstić information content (AvgIpc) is 2.46. The Labute approximate surface area is 121 Å². The molecule has 2 rings (SSSR count). The molecule has 0 bridgehead atoms. The van der Waals surface area contributed by atoms with Crippen molar-refractivity contribution in [1.29, 1.82) is 0 Å². The van der Waals surface area contributed by atoms with Crippen LogP contribution in [-0.4, -0.2) is 6.10 Å². The lowest BCUT2D eigenvalue weighted by Crippen LogP contribution is -2.17. The molecule has 0 aliphatic heterocycles. The molecule has 0 fully saturated rings. The third-order valence-electron chi connectivity index (χ3n) is 3.21. The van der Waals surface area contributed by atoms with Crippen LogP contribution in [0.5, 0.6) is 5.75 Å². The molecule has 0 spiro atoms. The van der Waals surface area contributed by atoms with E-state index < -0.39 is 0 Å². The predicted molar refractivity (Wildman–Crippen MR) is 83.9 cm³/mol. The fraction of sp³-hybridized carbons (Fsp3) is 0.333. The van der Waals surface area contributed by atoms with Gasteiger partial charge in [-0.25, -0.2) is 0 Å². The van der Waals surface area contributed by atoms with Crippen LogP contribution in [0.3, 0.4) is 0 Å². The molecule has 2 aromatic rings. The molecule has 0 unspecified atom stereocenters. The molecular weight excluding hydrogens is 246 g/mol. The molecule has 0 aromatic heterocycles. The Morgan fingerprint density at radius 3 is 2.15 bits per heavy atom. The maximum Gasteiger partial charge on any atom is 0.119 e. The number of ether oxygens (including phenoxy) is 1. The average molecular weight is 269 g/mol. The fourth-order valence-corrected chi connectivity index (χ4v) is 2.09. The van der Waals surface area contributed by atoms with Crippen molar-refractivity contribution in [2.45, 2.75) is 39.5 Å². The zero-order valence-electron chi connectivity index (χ0n) is 12.5. The monoisotopic (exact) mass is 269 g/mol. The van der Waals surface area contributed by atoms with Crippen LogP contribution in [0.2, 0.25) is 0 Å². The molecule has 0 aliphatic rings. The second kappa shape index (κ2) is 7.11. The van der Waals surface area contributed by atoms with Crippen molar-refractivity contribution in [2.75, 3.05) is 0 Å². The Morgan fingerprint density at radius 2 is 1.55 bits per heavy atom. The van der Waals surface area contributed by atoms with Crippen molar-refractivity contribution in [3.05, 3.63) is 65.7 Å². The summed E-state index contributed by atoms with van der Waals surface area (Å²) in [5, 5.41) is 3.53. The number of benzene rings is 2. The van der Waals surface area contributed by atoms with Gasteiger partial charge >= 0.3 is 0 Å². The third kappa shape index (κ3) is 4.39. The van der Waals surface area contributed by atoms with Crippen LogP contribution in [0.25, 0.3) is 0 Å². The lowest BCUT2D eigenvalue weighted by atomic mass is 10.1. The summed E-state index contributed by atoms with van der Waals surface area (Å²) >= 11 is 0. The van der Waals surface area contributed by atoms with Crippen molar-refractivity contribution in [1.82, 2.24) is 5.32 Å². The summed E-state index contributed by atoms with van der Waals surface area (Å²) in [6, 6.07) is 19.1. The zero-order chi connectivity index (χ0) is 14.4. The molecule has 0 radical (unpaired) electrons. The van der Waals surface area contributed by atoms with Gasteiger partial charge in [-0.15, -0.1) is 0 Å². The van der Waals surface area contributed by atoms with Gasteiger partial charge in [0.2, 0.25) is 0 Å². The summed E-state index contributed by atoms with van der Waals surface area (Å²) in [4.78, 5) is 0. The third-order valence-corrected chi connectivity index (χ3v) is 3.21. The first kappa shape index (κ1) is 14.6. The number of nitrogens with one attached hydrogen (secondary N) is 1. The van der Waals surface area contributed by atoms with Crippen molar-refractivity contribution < 1.29 is 4.74 Å². The molecule has 1 atom stereocenters. The van der Waals surface area contributed by atoms with E-state index in [2.05, 4.69) is 48.6 Å². The van der Waals surface area contributed by atoms with E-state index in [0.29, 0.717) is 6.04 Å². The molecule has 20 heavy (non-hydrogen) atoms. The first-order chi connectivity index (χ1) is 9.65. The Morgan fingerprint density at radius 1 is 0.900 bits per heavy atom. The van der Waals surface area contributed by atoms with Crippen molar-refractivity contribution in [3.63, 3.8) is 0 Å². The van der Waals surface area contributed by atoms with Crippen LogP contribution in [0, 0.1) is 0 Å². The quantitative estimate of drug-likeness (QED) is 0.843. The molecule has 0 heterocycles. The van der Waals surface area contributed by atoms with Gasteiger partial charge in [-0.3, -0.25) is 0 Å². The summed E-state index contributed by atoms with van der Waals surface area (Å²) in [5.74, 6) is 0.930. The van der Waals surface area contributed by atoms with E-state index in [-0.39, 0.29) is 6.10 Å². The maximum atomic E-state index is 5.64. The van der Waals surface area contributed by atoms with Crippen LogP contribution in [-0.2, 0) is 6.54 Å². The van der Waals surface area contributed by atoms with Crippen molar-refractivity contribution in [2.24, 2.45) is 0 Å². The number of rotatable bonds is 6. The van der Waals surface area contributed by atoms with Crippen molar-refractivity contribution in [3.8, 4) is 5.75 Å². The van der Waals surface area contributed by atoms with Crippen LogP contribution < -0.4 is 10.1 Å². The SMILES string of the molecule is CC(C)Oc1ccc(CN[C@@H](C)c2ccccc2)cc1. The van der Waals surface area contributed by atoms with Crippen LogP contribution in [0.15, 0.2) is 54.6 Å². The van der Waals surface area contributed by atoms with Gasteiger partial charge in [0.1, 0.15) is 5.75 Å². The first-order valence-corrected chi connectivity index (χ1v) is 7.19. The highest BCUT2D eigenvalue weighted by atomic mass is 16.5. The lowest BCUT2D eigenvalue weighted by Gasteiger charge is -2.15. The van der Waals surface area contributed by atoms with E-state index in [1.165, 1.54) is 11.1 Å². The first-order valence-electron chi connectivity index (χ1n) is 7.19. The minimum Gasteiger partial charge on any atom is -0.491 e. The van der Waals surface area contributed by atoms with E-state index in [1.54, 1.807) is 0 Å². The molecule has 0 aliphatic carbocycles. The van der Waals surface area contributed by atoms with Crippen LogP contribution in [0.4, 0.5) is 0 Å². The highest BCUT2D eigenvalue weighted by Gasteiger charge is 2.04. The Balaban J connectivity index is 1.88.